The van der Waals surface area contributed by atoms with Crippen molar-refractivity contribution in [1.29, 1.82) is 0 Å². The first-order valence-electron chi connectivity index (χ1n) is 19.2. The van der Waals surface area contributed by atoms with Gasteiger partial charge in [-0.05, 0) is 12.8 Å². The minimum atomic E-state index is -1.64. The number of nitrogens with zero attached hydrogens (tertiary/aromatic N) is 1. The molecule has 0 aromatic rings. The summed E-state index contributed by atoms with van der Waals surface area (Å²) in [6.45, 7) is 5.49. The second-order valence-electron chi connectivity index (χ2n) is 13.6. The molecule has 1 amide bonds. The summed E-state index contributed by atoms with van der Waals surface area (Å²) < 4.78 is 10.6. The normalized spacial score (nSPS) is 21.7. The van der Waals surface area contributed by atoms with Crippen LogP contribution in [0.3, 0.4) is 0 Å². The van der Waals surface area contributed by atoms with Gasteiger partial charge in [-0.25, -0.2) is 4.79 Å². The van der Waals surface area contributed by atoms with Crippen LogP contribution in [0.5, 0.6) is 0 Å². The van der Waals surface area contributed by atoms with Crippen LogP contribution in [-0.2, 0) is 9.47 Å². The molecule has 8 nitrogen and oxygen atoms in total. The highest BCUT2D eigenvalue weighted by molar-refractivity contribution is 5.67. The van der Waals surface area contributed by atoms with Crippen LogP contribution in [0.2, 0.25) is 0 Å². The molecule has 5 atom stereocenters. The minimum absolute atomic E-state index is 0.297. The molecule has 1 heterocycles. The Kier molecular flexibility index (Phi) is 27.3. The van der Waals surface area contributed by atoms with Gasteiger partial charge in [0.1, 0.15) is 31.0 Å². The maximum Gasteiger partial charge on any atom is 0.409 e. The van der Waals surface area contributed by atoms with Gasteiger partial charge in [0, 0.05) is 13.1 Å². The molecule has 4 N–H and O–H groups in total. The molecule has 1 aliphatic heterocycles. The lowest BCUT2D eigenvalue weighted by Gasteiger charge is -2.38. The van der Waals surface area contributed by atoms with E-state index in [1.807, 2.05) is 0 Å². The predicted molar refractivity (Wildman–Crippen MR) is 183 cm³/mol. The minimum Gasteiger partial charge on any atom is -0.447 e. The average molecular weight is 644 g/mol. The van der Waals surface area contributed by atoms with E-state index in [0.717, 1.165) is 25.7 Å². The van der Waals surface area contributed by atoms with Crippen LogP contribution >= 0.6 is 0 Å². The molecule has 45 heavy (non-hydrogen) atoms. The molecule has 0 aromatic heterocycles. The van der Waals surface area contributed by atoms with Gasteiger partial charge in [0.05, 0.1) is 0 Å². The van der Waals surface area contributed by atoms with Crippen molar-refractivity contribution in [2.75, 3.05) is 19.7 Å². The Morgan fingerprint density at radius 1 is 0.511 bits per heavy atom. The van der Waals surface area contributed by atoms with Gasteiger partial charge in [-0.1, -0.05) is 168 Å². The molecule has 1 rings (SSSR count). The standard InChI is InChI=1S/C37H73NO7/c1-3-5-7-9-11-13-15-17-18-20-22-24-26-28-30-38(29-27-25-23-21-19-16-14-12-10-8-6-4-2)37(43)44-31-32-33(39)34(40)35(41)36(42)45-32/h32-36,39-42H,3-31H2,1-2H3/t32?,33-,34+,35-,36+/m0/s1. The molecule has 1 fully saturated rings. The van der Waals surface area contributed by atoms with E-state index in [0.29, 0.717) is 13.1 Å². The van der Waals surface area contributed by atoms with Crippen molar-refractivity contribution in [3.05, 3.63) is 0 Å². The van der Waals surface area contributed by atoms with Gasteiger partial charge in [-0.15, -0.1) is 0 Å². The van der Waals surface area contributed by atoms with Crippen LogP contribution in [0.1, 0.15) is 181 Å². The van der Waals surface area contributed by atoms with Crippen LogP contribution in [0, 0.1) is 0 Å². The first-order chi connectivity index (χ1) is 21.9. The lowest BCUT2D eigenvalue weighted by molar-refractivity contribution is -0.286. The summed E-state index contributed by atoms with van der Waals surface area (Å²) in [4.78, 5) is 14.8. The summed E-state index contributed by atoms with van der Waals surface area (Å²) in [5.74, 6) is 0. The van der Waals surface area contributed by atoms with Crippen molar-refractivity contribution in [2.24, 2.45) is 0 Å². The number of carbonyl (C=O) groups is 1. The average Bonchev–Trinajstić information content (AvgIpc) is 3.04. The topological polar surface area (TPSA) is 120 Å². The first kappa shape index (κ1) is 42.1. The zero-order valence-electron chi connectivity index (χ0n) is 29.4. The molecule has 1 aliphatic rings. The number of hydrogen-bond donors (Lipinski definition) is 4. The van der Waals surface area contributed by atoms with Crippen LogP contribution in [0.25, 0.3) is 0 Å². The lowest BCUT2D eigenvalue weighted by Crippen LogP contribution is -2.58. The van der Waals surface area contributed by atoms with Gasteiger partial charge in [-0.3, -0.25) is 0 Å². The van der Waals surface area contributed by atoms with Crippen molar-refractivity contribution in [1.82, 2.24) is 4.90 Å². The number of carbonyl (C=O) groups excluding carboxylic acids is 1. The Morgan fingerprint density at radius 2 is 0.844 bits per heavy atom. The van der Waals surface area contributed by atoms with Gasteiger partial charge >= 0.3 is 6.09 Å². The molecule has 0 bridgehead atoms. The molecule has 0 aliphatic carbocycles. The molecule has 0 aromatic carbocycles. The van der Waals surface area contributed by atoms with Gasteiger partial charge in [0.2, 0.25) is 0 Å². The largest absolute Gasteiger partial charge is 0.447 e. The molecule has 268 valence electrons. The number of rotatable bonds is 30. The van der Waals surface area contributed by atoms with Crippen molar-refractivity contribution in [3.63, 3.8) is 0 Å². The first-order valence-corrected chi connectivity index (χ1v) is 19.2. The smallest absolute Gasteiger partial charge is 0.409 e. The Hall–Kier alpha value is -0.930. The van der Waals surface area contributed by atoms with Crippen LogP contribution in [0.15, 0.2) is 0 Å². The van der Waals surface area contributed by atoms with E-state index in [9.17, 15) is 25.2 Å². The summed E-state index contributed by atoms with van der Waals surface area (Å²) in [5.41, 5.74) is 0. The maximum atomic E-state index is 13.0. The fourth-order valence-corrected chi connectivity index (χ4v) is 6.25. The molecule has 1 unspecified atom stereocenters. The lowest BCUT2D eigenvalue weighted by atomic mass is 9.99. The highest BCUT2D eigenvalue weighted by atomic mass is 16.7. The molecular formula is C37H73NO7. The number of ether oxygens (including phenoxy) is 2. The Balaban J connectivity index is 2.29. The van der Waals surface area contributed by atoms with Gasteiger partial charge in [0.15, 0.2) is 6.29 Å². The predicted octanol–water partition coefficient (Wildman–Crippen LogP) is 8.41. The summed E-state index contributed by atoms with van der Waals surface area (Å²) in [7, 11) is 0. The Morgan fingerprint density at radius 3 is 1.20 bits per heavy atom. The number of aliphatic hydroxyl groups excluding tert-OH is 4. The summed E-state index contributed by atoms with van der Waals surface area (Å²) in [6, 6.07) is 0. The van der Waals surface area contributed by atoms with Crippen molar-refractivity contribution < 1.29 is 34.7 Å². The molecule has 0 saturated carbocycles. The van der Waals surface area contributed by atoms with E-state index >= 15 is 0 Å². The summed E-state index contributed by atoms with van der Waals surface area (Å²) >= 11 is 0. The molecule has 0 spiro atoms. The SMILES string of the molecule is CCCCCCCCCCCCCCCCN(CCCCCCCCCCCCCC)C(=O)OCC1O[C@@H](O)[C@@H](O)[C@H](O)[C@H]1O. The van der Waals surface area contributed by atoms with Crippen LogP contribution < -0.4 is 0 Å². The van der Waals surface area contributed by atoms with Crippen LogP contribution in [-0.4, -0.2) is 81.8 Å². The highest BCUT2D eigenvalue weighted by Crippen LogP contribution is 2.21. The van der Waals surface area contributed by atoms with Gasteiger partial charge in [0.25, 0.3) is 0 Å². The second-order valence-corrected chi connectivity index (χ2v) is 13.6. The number of amides is 1. The zero-order valence-corrected chi connectivity index (χ0v) is 29.4. The monoisotopic (exact) mass is 644 g/mol. The fraction of sp³-hybridized carbons (Fsp3) is 0.973. The Bertz CT molecular complexity index is 667. The van der Waals surface area contributed by atoms with Crippen molar-refractivity contribution >= 4 is 6.09 Å². The number of aliphatic hydroxyl groups is 4. The van der Waals surface area contributed by atoms with E-state index in [1.165, 1.54) is 141 Å². The number of hydrogen-bond acceptors (Lipinski definition) is 7. The van der Waals surface area contributed by atoms with E-state index in [1.54, 1.807) is 4.90 Å². The second kappa shape index (κ2) is 29.2. The molecular weight excluding hydrogens is 570 g/mol. The molecule has 8 heteroatoms. The number of unbranched alkanes of at least 4 members (excludes halogenated alkanes) is 24. The maximum absolute atomic E-state index is 13.0. The van der Waals surface area contributed by atoms with Crippen LogP contribution in [0.4, 0.5) is 4.79 Å². The third kappa shape index (κ3) is 21.5. The fourth-order valence-electron chi connectivity index (χ4n) is 6.25. The van der Waals surface area contributed by atoms with Crippen molar-refractivity contribution in [3.8, 4) is 0 Å². The highest BCUT2D eigenvalue weighted by Gasteiger charge is 2.43. The van der Waals surface area contributed by atoms with E-state index in [4.69, 9.17) is 9.47 Å². The van der Waals surface area contributed by atoms with Gasteiger partial charge in [-0.2, -0.15) is 0 Å². The third-order valence-electron chi connectivity index (χ3n) is 9.38. The Labute approximate surface area is 276 Å². The summed E-state index contributed by atoms with van der Waals surface area (Å²) in [5, 5.41) is 39.6. The third-order valence-corrected chi connectivity index (χ3v) is 9.38. The van der Waals surface area contributed by atoms with E-state index in [-0.39, 0.29) is 6.61 Å². The van der Waals surface area contributed by atoms with Gasteiger partial charge < -0.3 is 34.8 Å². The quantitative estimate of drug-likeness (QED) is 0.0580. The van der Waals surface area contributed by atoms with Crippen molar-refractivity contribution in [2.45, 2.75) is 211 Å². The van der Waals surface area contributed by atoms with E-state index < -0.39 is 36.8 Å². The zero-order chi connectivity index (χ0) is 33.0. The van der Waals surface area contributed by atoms with E-state index in [2.05, 4.69) is 13.8 Å². The molecule has 1 saturated heterocycles. The summed E-state index contributed by atoms with van der Waals surface area (Å²) in [6.07, 6.45) is 25.3. The molecule has 0 radical (unpaired) electrons.